The maximum atomic E-state index is 11.8. The van der Waals surface area contributed by atoms with Crippen LogP contribution >= 0.6 is 0 Å². The van der Waals surface area contributed by atoms with E-state index in [1.54, 1.807) is 14.1 Å². The second-order valence-electron chi connectivity index (χ2n) is 4.04. The van der Waals surface area contributed by atoms with E-state index in [2.05, 4.69) is 10.5 Å². The summed E-state index contributed by atoms with van der Waals surface area (Å²) in [6.07, 6.45) is 0.561. The minimum absolute atomic E-state index is 0.00119. The zero-order valence-corrected chi connectivity index (χ0v) is 10.2. The van der Waals surface area contributed by atoms with Crippen LogP contribution in [0.1, 0.15) is 12.8 Å². The van der Waals surface area contributed by atoms with Gasteiger partial charge in [0.15, 0.2) is 0 Å². The van der Waals surface area contributed by atoms with Crippen molar-refractivity contribution in [3.05, 3.63) is 0 Å². The van der Waals surface area contributed by atoms with Gasteiger partial charge in [-0.05, 0) is 0 Å². The summed E-state index contributed by atoms with van der Waals surface area (Å²) in [4.78, 5) is 36.8. The summed E-state index contributed by atoms with van der Waals surface area (Å²) < 4.78 is 0. The number of likely N-dealkylation sites (N-methyl/N-ethyl adjacent to an activating group) is 2. The maximum Gasteiger partial charge on any atom is 0.270 e. The molecule has 0 bridgehead atoms. The van der Waals surface area contributed by atoms with Crippen molar-refractivity contribution >= 4 is 23.4 Å². The second-order valence-corrected chi connectivity index (χ2v) is 4.04. The van der Waals surface area contributed by atoms with E-state index in [9.17, 15) is 14.4 Å². The Hall–Kier alpha value is -1.92. The molecule has 0 atom stereocenters. The van der Waals surface area contributed by atoms with Crippen LogP contribution in [0.3, 0.4) is 0 Å². The number of amides is 3. The van der Waals surface area contributed by atoms with Gasteiger partial charge in [0.05, 0.1) is 6.54 Å². The van der Waals surface area contributed by atoms with Crippen LogP contribution in [0.15, 0.2) is 5.10 Å². The SMILES string of the molecule is CN(C)C(=O)CN(C)C(=O)C1=NNC(=O)CC1. The first-order valence-electron chi connectivity index (χ1n) is 5.23. The number of carbonyl (C=O) groups excluding carboxylic acids is 3. The molecule has 17 heavy (non-hydrogen) atoms. The fourth-order valence-corrected chi connectivity index (χ4v) is 1.26. The predicted molar refractivity (Wildman–Crippen MR) is 61.1 cm³/mol. The van der Waals surface area contributed by atoms with Crippen LogP contribution < -0.4 is 5.43 Å². The Morgan fingerprint density at radius 3 is 2.41 bits per heavy atom. The number of rotatable bonds is 3. The minimum atomic E-state index is -0.333. The Balaban J connectivity index is 2.58. The van der Waals surface area contributed by atoms with Crippen LogP contribution in [0.4, 0.5) is 0 Å². The van der Waals surface area contributed by atoms with Crippen molar-refractivity contribution in [2.75, 3.05) is 27.7 Å². The normalized spacial score (nSPS) is 14.8. The molecule has 7 heteroatoms. The molecule has 0 aromatic heterocycles. The van der Waals surface area contributed by atoms with E-state index in [1.807, 2.05) is 0 Å². The topological polar surface area (TPSA) is 82.1 Å². The smallest absolute Gasteiger partial charge is 0.270 e. The van der Waals surface area contributed by atoms with Crippen LogP contribution in [-0.2, 0) is 14.4 Å². The lowest BCUT2D eigenvalue weighted by molar-refractivity contribution is -0.134. The third kappa shape index (κ3) is 3.54. The van der Waals surface area contributed by atoms with Crippen molar-refractivity contribution < 1.29 is 14.4 Å². The molecule has 1 N–H and O–H groups in total. The zero-order valence-electron chi connectivity index (χ0n) is 10.2. The number of hydrogen-bond acceptors (Lipinski definition) is 4. The highest BCUT2D eigenvalue weighted by atomic mass is 16.2. The van der Waals surface area contributed by atoms with Gasteiger partial charge < -0.3 is 9.80 Å². The molecule has 0 fully saturated rings. The minimum Gasteiger partial charge on any atom is -0.347 e. The number of hydrazone groups is 1. The van der Waals surface area contributed by atoms with E-state index >= 15 is 0 Å². The van der Waals surface area contributed by atoms with Gasteiger partial charge in [-0.1, -0.05) is 0 Å². The Morgan fingerprint density at radius 1 is 1.29 bits per heavy atom. The second kappa shape index (κ2) is 5.42. The monoisotopic (exact) mass is 240 g/mol. The van der Waals surface area contributed by atoms with Gasteiger partial charge >= 0.3 is 0 Å². The Bertz CT molecular complexity index is 376. The molecule has 1 aliphatic rings. The lowest BCUT2D eigenvalue weighted by atomic mass is 10.1. The van der Waals surface area contributed by atoms with Crippen molar-refractivity contribution in [1.29, 1.82) is 0 Å². The molecule has 0 radical (unpaired) electrons. The standard InChI is InChI=1S/C10H16N4O3/c1-13(2)9(16)6-14(3)10(17)7-4-5-8(15)12-11-7/h4-6H2,1-3H3,(H,12,15). The van der Waals surface area contributed by atoms with Crippen molar-refractivity contribution in [2.24, 2.45) is 5.10 Å². The van der Waals surface area contributed by atoms with Crippen LogP contribution in [0.5, 0.6) is 0 Å². The molecule has 0 saturated heterocycles. The molecule has 1 aliphatic heterocycles. The highest BCUT2D eigenvalue weighted by Crippen LogP contribution is 2.02. The van der Waals surface area contributed by atoms with Gasteiger partial charge in [0.1, 0.15) is 5.71 Å². The third-order valence-electron chi connectivity index (χ3n) is 2.37. The first-order valence-corrected chi connectivity index (χ1v) is 5.23. The number of hydrogen-bond donors (Lipinski definition) is 1. The Kier molecular flexibility index (Phi) is 4.19. The molecule has 0 spiro atoms. The van der Waals surface area contributed by atoms with Crippen LogP contribution in [0.25, 0.3) is 0 Å². The van der Waals surface area contributed by atoms with E-state index in [1.165, 1.54) is 16.8 Å². The van der Waals surface area contributed by atoms with E-state index in [0.717, 1.165) is 0 Å². The Morgan fingerprint density at radius 2 is 1.94 bits per heavy atom. The summed E-state index contributed by atoms with van der Waals surface area (Å²) >= 11 is 0. The van der Waals surface area contributed by atoms with Gasteiger partial charge in [-0.25, -0.2) is 5.43 Å². The summed E-state index contributed by atoms with van der Waals surface area (Å²) in [7, 11) is 4.78. The highest BCUT2D eigenvalue weighted by molar-refractivity contribution is 6.39. The molecule has 1 rings (SSSR count). The fourth-order valence-electron chi connectivity index (χ4n) is 1.26. The van der Waals surface area contributed by atoms with E-state index in [0.29, 0.717) is 6.42 Å². The summed E-state index contributed by atoms with van der Waals surface area (Å²) in [5.41, 5.74) is 2.53. The van der Waals surface area contributed by atoms with Gasteiger partial charge in [0, 0.05) is 34.0 Å². The molecular formula is C10H16N4O3. The van der Waals surface area contributed by atoms with Crippen molar-refractivity contribution in [2.45, 2.75) is 12.8 Å². The average Bonchev–Trinajstić information content (AvgIpc) is 2.28. The first-order chi connectivity index (χ1) is 7.91. The number of nitrogens with one attached hydrogen (secondary N) is 1. The van der Waals surface area contributed by atoms with E-state index in [-0.39, 0.29) is 36.4 Å². The number of carbonyl (C=O) groups is 3. The van der Waals surface area contributed by atoms with Gasteiger partial charge in [-0.2, -0.15) is 5.10 Å². The van der Waals surface area contributed by atoms with E-state index in [4.69, 9.17) is 0 Å². The predicted octanol–water partition coefficient (Wildman–Crippen LogP) is -1.20. The molecule has 0 aliphatic carbocycles. The third-order valence-corrected chi connectivity index (χ3v) is 2.37. The van der Waals surface area contributed by atoms with Gasteiger partial charge in [0.25, 0.3) is 5.91 Å². The van der Waals surface area contributed by atoms with Crippen molar-refractivity contribution in [1.82, 2.24) is 15.2 Å². The lowest BCUT2D eigenvalue weighted by Gasteiger charge is -2.21. The lowest BCUT2D eigenvalue weighted by Crippen LogP contribution is -2.42. The average molecular weight is 240 g/mol. The molecule has 3 amide bonds. The first kappa shape index (κ1) is 13.1. The summed E-state index contributed by atoms with van der Waals surface area (Å²) in [6.45, 7) is -0.00119. The zero-order chi connectivity index (χ0) is 13.0. The largest absolute Gasteiger partial charge is 0.347 e. The molecular weight excluding hydrogens is 224 g/mol. The van der Waals surface area contributed by atoms with Crippen LogP contribution in [-0.4, -0.2) is 60.9 Å². The van der Waals surface area contributed by atoms with Gasteiger partial charge in [-0.3, -0.25) is 14.4 Å². The molecule has 0 unspecified atom stereocenters. The molecule has 0 aromatic carbocycles. The van der Waals surface area contributed by atoms with Gasteiger partial charge in [0.2, 0.25) is 11.8 Å². The summed E-state index contributed by atoms with van der Waals surface area (Å²) in [5.74, 6) is -0.699. The maximum absolute atomic E-state index is 11.8. The molecule has 0 saturated carbocycles. The van der Waals surface area contributed by atoms with Gasteiger partial charge in [-0.15, -0.1) is 0 Å². The van der Waals surface area contributed by atoms with Crippen LogP contribution in [0, 0.1) is 0 Å². The number of nitrogens with zero attached hydrogens (tertiary/aromatic N) is 3. The molecule has 0 aromatic rings. The summed E-state index contributed by atoms with van der Waals surface area (Å²) in [5, 5.41) is 3.68. The van der Waals surface area contributed by atoms with Crippen LogP contribution in [0.2, 0.25) is 0 Å². The molecule has 1 heterocycles. The molecule has 94 valence electrons. The quantitative estimate of drug-likeness (QED) is 0.672. The van der Waals surface area contributed by atoms with Crippen molar-refractivity contribution in [3.8, 4) is 0 Å². The Labute approximate surface area is 99.4 Å². The highest BCUT2D eigenvalue weighted by Gasteiger charge is 2.22. The van der Waals surface area contributed by atoms with E-state index < -0.39 is 0 Å². The summed E-state index contributed by atoms with van der Waals surface area (Å²) in [6, 6.07) is 0. The molecule has 7 nitrogen and oxygen atoms in total. The van der Waals surface area contributed by atoms with Crippen molar-refractivity contribution in [3.63, 3.8) is 0 Å². The fraction of sp³-hybridized carbons (Fsp3) is 0.600.